The summed E-state index contributed by atoms with van der Waals surface area (Å²) in [6.07, 6.45) is -3.28. The lowest BCUT2D eigenvalue weighted by molar-refractivity contribution is -0.269. The first-order valence-electron chi connectivity index (χ1n) is 7.83. The van der Waals surface area contributed by atoms with Crippen molar-refractivity contribution in [2.24, 2.45) is 16.9 Å². The fraction of sp³-hybridized carbons (Fsp3) is 0.500. The molecule has 0 unspecified atom stereocenters. The number of hydrogen-bond donors (Lipinski definition) is 1. The SMILES string of the molecule is C[C@H]1CCC2=NN(c3nc4ccccc4s3)[C@@](O)(C(F)(F)F)[C@@H]2C1. The number of nitrogens with zero attached hydrogens (tertiary/aromatic N) is 3. The third-order valence-corrected chi connectivity index (χ3v) is 5.86. The van der Waals surface area contributed by atoms with Gasteiger partial charge in [-0.25, -0.2) is 4.98 Å². The zero-order chi connectivity index (χ0) is 17.1. The monoisotopic (exact) mass is 355 g/mol. The second-order valence-corrected chi connectivity index (χ2v) is 7.53. The smallest absolute Gasteiger partial charge is 0.362 e. The lowest BCUT2D eigenvalue weighted by atomic mass is 9.76. The molecule has 1 N–H and O–H groups in total. The normalized spacial score (nSPS) is 30.5. The molecule has 128 valence electrons. The molecule has 4 nitrogen and oxygen atoms in total. The minimum absolute atomic E-state index is 0.0746. The van der Waals surface area contributed by atoms with Crippen molar-refractivity contribution in [3.63, 3.8) is 0 Å². The molecule has 3 atom stereocenters. The molecule has 0 spiro atoms. The highest BCUT2D eigenvalue weighted by atomic mass is 32.1. The number of halogens is 3. The maximum Gasteiger partial charge on any atom is 0.439 e. The number of para-hydroxylation sites is 1. The second kappa shape index (κ2) is 5.16. The number of fused-ring (bicyclic) bond motifs is 2. The average Bonchev–Trinajstić information content (AvgIpc) is 3.07. The van der Waals surface area contributed by atoms with Crippen molar-refractivity contribution in [2.45, 2.75) is 38.1 Å². The molecule has 0 amide bonds. The summed E-state index contributed by atoms with van der Waals surface area (Å²) in [5.74, 6) is -0.911. The van der Waals surface area contributed by atoms with Crippen LogP contribution < -0.4 is 5.01 Å². The Bertz CT molecular complexity index is 785. The fourth-order valence-electron chi connectivity index (χ4n) is 3.55. The van der Waals surface area contributed by atoms with E-state index in [9.17, 15) is 18.3 Å². The van der Waals surface area contributed by atoms with Crippen molar-refractivity contribution in [1.82, 2.24) is 4.98 Å². The van der Waals surface area contributed by atoms with E-state index in [2.05, 4.69) is 10.1 Å². The number of benzene rings is 1. The standard InChI is InChI=1S/C16H16F3N3OS/c1-9-6-7-11-10(8-9)15(23,16(17,18)19)22(21-11)14-20-12-4-2-3-5-13(12)24-14/h2-5,9-10,23H,6-8H2,1H3/t9-,10+,15-/m0/s1. The zero-order valence-electron chi connectivity index (χ0n) is 12.9. The van der Waals surface area contributed by atoms with Gasteiger partial charge in [0.25, 0.3) is 5.72 Å². The van der Waals surface area contributed by atoms with Crippen molar-refractivity contribution in [2.75, 3.05) is 5.01 Å². The predicted octanol–water partition coefficient (Wildman–Crippen LogP) is 4.16. The van der Waals surface area contributed by atoms with Crippen LogP contribution in [0, 0.1) is 11.8 Å². The summed E-state index contributed by atoms with van der Waals surface area (Å²) >= 11 is 1.11. The lowest BCUT2D eigenvalue weighted by Gasteiger charge is -2.39. The van der Waals surface area contributed by atoms with Gasteiger partial charge in [-0.3, -0.25) is 0 Å². The minimum Gasteiger partial charge on any atom is -0.362 e. The van der Waals surface area contributed by atoms with Gasteiger partial charge in [-0.15, -0.1) is 0 Å². The third kappa shape index (κ3) is 2.16. The Hall–Kier alpha value is -1.67. The summed E-state index contributed by atoms with van der Waals surface area (Å²) in [5.41, 5.74) is -2.00. The number of thiazole rings is 1. The van der Waals surface area contributed by atoms with E-state index < -0.39 is 17.8 Å². The molecule has 1 aliphatic heterocycles. The van der Waals surface area contributed by atoms with E-state index in [0.29, 0.717) is 22.7 Å². The van der Waals surface area contributed by atoms with Gasteiger partial charge < -0.3 is 5.11 Å². The number of aromatic nitrogens is 1. The molecule has 1 aromatic heterocycles. The first kappa shape index (κ1) is 15.8. The van der Waals surface area contributed by atoms with Crippen molar-refractivity contribution < 1.29 is 18.3 Å². The van der Waals surface area contributed by atoms with Crippen LogP contribution in [0.15, 0.2) is 29.4 Å². The van der Waals surface area contributed by atoms with Gasteiger partial charge >= 0.3 is 6.18 Å². The number of aliphatic hydroxyl groups is 1. The number of anilines is 1. The van der Waals surface area contributed by atoms with Crippen molar-refractivity contribution in [1.29, 1.82) is 0 Å². The first-order chi connectivity index (χ1) is 11.3. The molecule has 1 aromatic carbocycles. The Balaban J connectivity index is 1.84. The molecule has 1 aliphatic carbocycles. The van der Waals surface area contributed by atoms with E-state index in [4.69, 9.17) is 0 Å². The molecular formula is C16H16F3N3OS. The van der Waals surface area contributed by atoms with E-state index >= 15 is 0 Å². The Labute approximate surface area is 140 Å². The number of hydrazone groups is 1. The summed E-state index contributed by atoms with van der Waals surface area (Å²) in [4.78, 5) is 4.26. The Morgan fingerprint density at radius 2 is 2.08 bits per heavy atom. The third-order valence-electron chi connectivity index (χ3n) is 4.85. The highest BCUT2D eigenvalue weighted by molar-refractivity contribution is 7.22. The van der Waals surface area contributed by atoms with Gasteiger partial charge in [0.1, 0.15) is 0 Å². The summed E-state index contributed by atoms with van der Waals surface area (Å²) in [5, 5.41) is 15.7. The molecule has 1 saturated carbocycles. The molecule has 24 heavy (non-hydrogen) atoms. The first-order valence-corrected chi connectivity index (χ1v) is 8.64. The van der Waals surface area contributed by atoms with Gasteiger partial charge in [0.15, 0.2) is 0 Å². The van der Waals surface area contributed by atoms with Gasteiger partial charge in [0.05, 0.1) is 16.1 Å². The van der Waals surface area contributed by atoms with Crippen LogP contribution in [0.4, 0.5) is 18.3 Å². The van der Waals surface area contributed by atoms with Crippen LogP contribution >= 0.6 is 11.3 Å². The molecule has 2 aromatic rings. The van der Waals surface area contributed by atoms with Crippen molar-refractivity contribution >= 4 is 32.4 Å². The molecule has 2 heterocycles. The Kier molecular flexibility index (Phi) is 3.41. The number of alkyl halides is 3. The lowest BCUT2D eigenvalue weighted by Crippen LogP contribution is -2.60. The predicted molar refractivity (Wildman–Crippen MR) is 87.0 cm³/mol. The fourth-order valence-corrected chi connectivity index (χ4v) is 4.52. The molecule has 4 rings (SSSR count). The van der Waals surface area contributed by atoms with Crippen LogP contribution in [0.1, 0.15) is 26.2 Å². The van der Waals surface area contributed by atoms with E-state index in [-0.39, 0.29) is 17.5 Å². The Morgan fingerprint density at radius 3 is 2.79 bits per heavy atom. The topological polar surface area (TPSA) is 48.7 Å². The summed E-state index contributed by atoms with van der Waals surface area (Å²) in [6.45, 7) is 1.91. The number of rotatable bonds is 1. The van der Waals surface area contributed by atoms with Gasteiger partial charge in [-0.2, -0.15) is 23.3 Å². The molecule has 2 aliphatic rings. The Morgan fingerprint density at radius 1 is 1.33 bits per heavy atom. The van der Waals surface area contributed by atoms with Gasteiger partial charge in [0.2, 0.25) is 5.13 Å². The molecule has 0 radical (unpaired) electrons. The highest BCUT2D eigenvalue weighted by Crippen LogP contribution is 2.51. The van der Waals surface area contributed by atoms with Crippen molar-refractivity contribution in [3.05, 3.63) is 24.3 Å². The summed E-state index contributed by atoms with van der Waals surface area (Å²) < 4.78 is 42.3. The maximum atomic E-state index is 13.8. The largest absolute Gasteiger partial charge is 0.439 e. The zero-order valence-corrected chi connectivity index (χ0v) is 13.7. The van der Waals surface area contributed by atoms with E-state index in [1.807, 2.05) is 6.92 Å². The quantitative estimate of drug-likeness (QED) is 0.836. The average molecular weight is 355 g/mol. The highest BCUT2D eigenvalue weighted by Gasteiger charge is 2.68. The summed E-state index contributed by atoms with van der Waals surface area (Å²) in [7, 11) is 0. The maximum absolute atomic E-state index is 13.8. The molecule has 1 fully saturated rings. The number of hydrogen-bond acceptors (Lipinski definition) is 5. The van der Waals surface area contributed by atoms with Crippen LogP contribution in [0.25, 0.3) is 10.2 Å². The summed E-state index contributed by atoms with van der Waals surface area (Å²) in [6, 6.07) is 7.11. The van der Waals surface area contributed by atoms with Crippen LogP contribution in [-0.2, 0) is 0 Å². The van der Waals surface area contributed by atoms with E-state index in [0.717, 1.165) is 22.5 Å². The molecule has 0 saturated heterocycles. The van der Waals surface area contributed by atoms with Gasteiger partial charge in [-0.05, 0) is 37.3 Å². The van der Waals surface area contributed by atoms with Crippen LogP contribution in [0.3, 0.4) is 0 Å². The van der Waals surface area contributed by atoms with Crippen LogP contribution in [0.5, 0.6) is 0 Å². The molecule has 8 heteroatoms. The van der Waals surface area contributed by atoms with E-state index in [1.54, 1.807) is 24.3 Å². The molecule has 0 bridgehead atoms. The van der Waals surface area contributed by atoms with E-state index in [1.165, 1.54) is 0 Å². The second-order valence-electron chi connectivity index (χ2n) is 6.52. The van der Waals surface area contributed by atoms with Crippen molar-refractivity contribution in [3.8, 4) is 0 Å². The van der Waals surface area contributed by atoms with Gasteiger partial charge in [-0.1, -0.05) is 30.4 Å². The van der Waals surface area contributed by atoms with Crippen LogP contribution in [-0.4, -0.2) is 27.7 Å². The minimum atomic E-state index is -4.82. The van der Waals surface area contributed by atoms with Crippen LogP contribution in [0.2, 0.25) is 0 Å². The van der Waals surface area contributed by atoms with Gasteiger partial charge in [0, 0.05) is 5.71 Å². The molecular weight excluding hydrogens is 339 g/mol.